The van der Waals surface area contributed by atoms with Crippen molar-refractivity contribution >= 4 is 34.4 Å². The molecule has 3 heterocycles. The van der Waals surface area contributed by atoms with Gasteiger partial charge in [0.05, 0.1) is 18.6 Å². The number of carbonyl (C=O) groups excluding carboxylic acids is 1. The number of piperazine rings is 1. The number of H-pyrrole nitrogens is 1. The summed E-state index contributed by atoms with van der Waals surface area (Å²) in [5, 5.41) is 0.560. The Hall–Kier alpha value is -3.72. The number of methoxy groups -OCH3 is 1. The minimum absolute atomic E-state index is 0.0479. The number of rotatable bonds is 7. The zero-order valence-corrected chi connectivity index (χ0v) is 22.1. The first-order valence-corrected chi connectivity index (χ1v) is 13.4. The van der Waals surface area contributed by atoms with Crippen LogP contribution in [-0.2, 0) is 4.79 Å². The van der Waals surface area contributed by atoms with Gasteiger partial charge in [-0.3, -0.25) is 14.2 Å². The van der Waals surface area contributed by atoms with Crippen molar-refractivity contribution in [2.75, 3.05) is 43.9 Å². The minimum Gasteiger partial charge on any atom is -0.495 e. The maximum absolute atomic E-state index is 13.4. The zero-order valence-electron chi connectivity index (χ0n) is 21.3. The highest BCUT2D eigenvalue weighted by atomic mass is 32.2. The predicted octanol–water partition coefficient (Wildman–Crippen LogP) is 4.42. The number of para-hydroxylation sites is 2. The summed E-state index contributed by atoms with van der Waals surface area (Å²) in [4.78, 5) is 38.7. The van der Waals surface area contributed by atoms with E-state index < -0.39 is 0 Å². The number of aromatic amines is 1. The van der Waals surface area contributed by atoms with Crippen LogP contribution < -0.4 is 15.2 Å². The highest BCUT2D eigenvalue weighted by Crippen LogP contribution is 2.30. The van der Waals surface area contributed by atoms with E-state index in [4.69, 9.17) is 9.72 Å². The van der Waals surface area contributed by atoms with Gasteiger partial charge >= 0.3 is 0 Å². The number of anilines is 1. The minimum atomic E-state index is -0.123. The monoisotopic (exact) mass is 517 g/mol. The third-order valence-corrected chi connectivity index (χ3v) is 7.62. The van der Waals surface area contributed by atoms with Crippen molar-refractivity contribution in [2.24, 2.45) is 0 Å². The fourth-order valence-electron chi connectivity index (χ4n) is 4.75. The molecule has 1 fully saturated rings. The fourth-order valence-corrected chi connectivity index (χ4v) is 5.78. The number of aromatic nitrogens is 3. The van der Waals surface area contributed by atoms with Crippen LogP contribution in [0.25, 0.3) is 22.2 Å². The Morgan fingerprint density at radius 2 is 1.76 bits per heavy atom. The molecule has 0 atom stereocenters. The molecular weight excluding hydrogens is 486 g/mol. The summed E-state index contributed by atoms with van der Waals surface area (Å²) in [6, 6.07) is 17.7. The molecule has 1 saturated heterocycles. The summed E-state index contributed by atoms with van der Waals surface area (Å²) in [6.07, 6.45) is 1.83. The summed E-state index contributed by atoms with van der Waals surface area (Å²) in [6.45, 7) is 6.66. The third-order valence-electron chi connectivity index (χ3n) is 6.68. The summed E-state index contributed by atoms with van der Waals surface area (Å²) < 4.78 is 7.17. The highest BCUT2D eigenvalue weighted by molar-refractivity contribution is 7.99. The largest absolute Gasteiger partial charge is 0.495 e. The average Bonchev–Trinajstić information content (AvgIpc) is 3.36. The van der Waals surface area contributed by atoms with Crippen LogP contribution in [0.1, 0.15) is 19.9 Å². The molecular formula is C28H31N5O3S. The molecule has 0 spiro atoms. The first kappa shape index (κ1) is 25.0. The van der Waals surface area contributed by atoms with E-state index >= 15 is 0 Å². The van der Waals surface area contributed by atoms with Gasteiger partial charge in [0.1, 0.15) is 16.8 Å². The Bertz CT molecular complexity index is 1460. The summed E-state index contributed by atoms with van der Waals surface area (Å²) in [7, 11) is 1.67. The van der Waals surface area contributed by atoms with Gasteiger partial charge in [-0.15, -0.1) is 0 Å². The predicted molar refractivity (Wildman–Crippen MR) is 149 cm³/mol. The maximum atomic E-state index is 13.4. The number of nitrogens with one attached hydrogen (secondary N) is 1. The molecule has 1 aliphatic rings. The first-order valence-electron chi connectivity index (χ1n) is 12.5. The van der Waals surface area contributed by atoms with E-state index in [0.29, 0.717) is 29.3 Å². The molecule has 1 aliphatic heterocycles. The molecule has 1 amide bonds. The van der Waals surface area contributed by atoms with E-state index in [0.717, 1.165) is 35.7 Å². The van der Waals surface area contributed by atoms with E-state index in [1.54, 1.807) is 11.7 Å². The molecule has 0 radical (unpaired) electrons. The third kappa shape index (κ3) is 4.96. The number of ether oxygens (including phenoxy) is 1. The Labute approximate surface area is 220 Å². The molecule has 1 N–H and O–H groups in total. The standard InChI is InChI=1S/C28H31N5O3S/c1-19(2)33-27(35)26-25(21(17-29-26)20-9-5-4-6-10-20)30-28(33)37-18-24(34)32-15-13-31(14-16-32)22-11-7-8-12-23(22)36-3/h4-12,17,19,29H,13-16,18H2,1-3H3. The van der Waals surface area contributed by atoms with Gasteiger partial charge in [0.25, 0.3) is 5.56 Å². The topological polar surface area (TPSA) is 83.5 Å². The smallest absolute Gasteiger partial charge is 0.278 e. The molecule has 0 aliphatic carbocycles. The van der Waals surface area contributed by atoms with E-state index in [1.807, 2.05) is 79.5 Å². The van der Waals surface area contributed by atoms with Crippen molar-refractivity contribution < 1.29 is 9.53 Å². The quantitative estimate of drug-likeness (QED) is 0.289. The number of amides is 1. The van der Waals surface area contributed by atoms with E-state index in [9.17, 15) is 9.59 Å². The van der Waals surface area contributed by atoms with Gasteiger partial charge < -0.3 is 19.5 Å². The average molecular weight is 518 g/mol. The van der Waals surface area contributed by atoms with Gasteiger partial charge in [-0.2, -0.15) is 0 Å². The Balaban J connectivity index is 1.33. The van der Waals surface area contributed by atoms with Gasteiger partial charge in [0.2, 0.25) is 5.91 Å². The summed E-state index contributed by atoms with van der Waals surface area (Å²) >= 11 is 1.33. The van der Waals surface area contributed by atoms with Crippen molar-refractivity contribution in [3.63, 3.8) is 0 Å². The van der Waals surface area contributed by atoms with Crippen molar-refractivity contribution in [1.82, 2.24) is 19.4 Å². The van der Waals surface area contributed by atoms with Crippen molar-refractivity contribution in [3.8, 4) is 16.9 Å². The number of benzene rings is 2. The van der Waals surface area contributed by atoms with Crippen LogP contribution in [0.2, 0.25) is 0 Å². The van der Waals surface area contributed by atoms with Crippen molar-refractivity contribution in [2.45, 2.75) is 25.0 Å². The summed E-state index contributed by atoms with van der Waals surface area (Å²) in [5.74, 6) is 1.11. The highest BCUT2D eigenvalue weighted by Gasteiger charge is 2.24. The lowest BCUT2D eigenvalue weighted by Gasteiger charge is -2.36. The van der Waals surface area contributed by atoms with Gasteiger partial charge in [0, 0.05) is 44.0 Å². The van der Waals surface area contributed by atoms with Gasteiger partial charge in [-0.05, 0) is 31.5 Å². The first-order chi connectivity index (χ1) is 18.0. The summed E-state index contributed by atoms with van der Waals surface area (Å²) in [5.41, 5.74) is 3.91. The Morgan fingerprint density at radius 3 is 2.46 bits per heavy atom. The van der Waals surface area contributed by atoms with Crippen LogP contribution >= 0.6 is 11.8 Å². The lowest BCUT2D eigenvalue weighted by molar-refractivity contribution is -0.128. The number of thioether (sulfide) groups is 1. The molecule has 4 aromatic rings. The molecule has 0 saturated carbocycles. The van der Waals surface area contributed by atoms with Gasteiger partial charge in [-0.1, -0.05) is 54.2 Å². The van der Waals surface area contributed by atoms with Crippen LogP contribution in [0.4, 0.5) is 5.69 Å². The molecule has 192 valence electrons. The molecule has 5 rings (SSSR count). The second kappa shape index (κ2) is 10.7. The van der Waals surface area contributed by atoms with Crippen LogP contribution in [0.15, 0.2) is 70.7 Å². The number of hydrogen-bond donors (Lipinski definition) is 1. The SMILES string of the molecule is COc1ccccc1N1CCN(C(=O)CSc2nc3c(-c4ccccc4)c[nH]c3c(=O)n2C(C)C)CC1. The second-order valence-corrected chi connectivity index (χ2v) is 10.2. The number of hydrogen-bond acceptors (Lipinski definition) is 6. The zero-order chi connectivity index (χ0) is 25.9. The molecule has 2 aromatic heterocycles. The number of carbonyl (C=O) groups is 1. The van der Waals surface area contributed by atoms with Crippen LogP contribution in [0.5, 0.6) is 5.75 Å². The normalized spacial score (nSPS) is 13.9. The molecule has 2 aromatic carbocycles. The lowest BCUT2D eigenvalue weighted by atomic mass is 10.1. The van der Waals surface area contributed by atoms with Crippen LogP contribution in [0.3, 0.4) is 0 Å². The van der Waals surface area contributed by atoms with E-state index in [-0.39, 0.29) is 23.3 Å². The van der Waals surface area contributed by atoms with Crippen molar-refractivity contribution in [3.05, 3.63) is 71.1 Å². The fraction of sp³-hybridized carbons (Fsp3) is 0.321. The number of nitrogens with zero attached hydrogens (tertiary/aromatic N) is 4. The van der Waals surface area contributed by atoms with E-state index in [2.05, 4.69) is 9.88 Å². The van der Waals surface area contributed by atoms with E-state index in [1.165, 1.54) is 11.8 Å². The molecule has 8 nitrogen and oxygen atoms in total. The number of fused-ring (bicyclic) bond motifs is 1. The van der Waals surface area contributed by atoms with Crippen LogP contribution in [0, 0.1) is 0 Å². The molecule has 0 bridgehead atoms. The second-order valence-electron chi connectivity index (χ2n) is 9.28. The Morgan fingerprint density at radius 1 is 1.05 bits per heavy atom. The molecule has 37 heavy (non-hydrogen) atoms. The molecule has 0 unspecified atom stereocenters. The maximum Gasteiger partial charge on any atom is 0.278 e. The van der Waals surface area contributed by atoms with Gasteiger partial charge in [-0.25, -0.2) is 4.98 Å². The lowest BCUT2D eigenvalue weighted by Crippen LogP contribution is -2.49. The van der Waals surface area contributed by atoms with Crippen molar-refractivity contribution in [1.29, 1.82) is 0 Å². The van der Waals surface area contributed by atoms with Crippen LogP contribution in [-0.4, -0.2) is 64.4 Å². The molecule has 9 heteroatoms. The van der Waals surface area contributed by atoms with Gasteiger partial charge in [0.15, 0.2) is 5.16 Å². The Kier molecular flexibility index (Phi) is 7.23.